The summed E-state index contributed by atoms with van der Waals surface area (Å²) in [5.74, 6) is 2.55. The minimum Gasteiger partial charge on any atom is -0.484 e. The average Bonchev–Trinajstić information content (AvgIpc) is 4.01. The van der Waals surface area contributed by atoms with Crippen LogP contribution < -0.4 is 24.3 Å². The summed E-state index contributed by atoms with van der Waals surface area (Å²) in [7, 11) is 0. The lowest BCUT2D eigenvalue weighted by Gasteiger charge is -2.35. The number of ether oxygens (including phenoxy) is 5. The number of fused-ring (bicyclic) bond motifs is 6. The standard InChI is InChI=1S/C24H29N3O4.C19H21N3O2.CH4.3ClH/c1-24(2,3)31-23(28)27-14-18-11-19(27)13-26(18)12-16-6-8-17(9-7-16)21-15-29-20-5-4-10-25-22(20)30-21;1-2-17-19(20-7-1)24-18(12-23-17)14-5-3-13(4-6-14)10-22-11-15-8-16(22)9-21-15;;;;/h4-10,18-19,21H,11-15H2,1-3H3;1-7,15-16,18,21H,8-12H2;1H4;3*1H/t18-,19-,21+;15-,16-,18+;;;;/m00..../s1. The first-order valence-electron chi connectivity index (χ1n) is 19.6. The van der Waals surface area contributed by atoms with E-state index in [0.29, 0.717) is 48.8 Å². The second-order valence-electron chi connectivity index (χ2n) is 16.5. The van der Waals surface area contributed by atoms with E-state index >= 15 is 0 Å². The highest BCUT2D eigenvalue weighted by Crippen LogP contribution is 2.37. The Morgan fingerprint density at radius 2 is 1.24 bits per heavy atom. The second kappa shape index (κ2) is 19.6. The highest BCUT2D eigenvalue weighted by molar-refractivity contribution is 5.86. The number of benzene rings is 2. The Bertz CT molecular complexity index is 1990. The van der Waals surface area contributed by atoms with Crippen LogP contribution in [-0.4, -0.2) is 99.9 Å². The first-order chi connectivity index (χ1) is 26.7. The van der Waals surface area contributed by atoms with Crippen molar-refractivity contribution < 1.29 is 28.5 Å². The molecule has 6 atom stereocenters. The number of amides is 1. The number of aromatic nitrogens is 2. The van der Waals surface area contributed by atoms with Crippen molar-refractivity contribution in [3.05, 3.63) is 107 Å². The van der Waals surface area contributed by atoms with E-state index in [1.165, 1.54) is 24.1 Å². The molecule has 6 aliphatic rings. The summed E-state index contributed by atoms with van der Waals surface area (Å²) in [4.78, 5) is 27.9. The second-order valence-corrected chi connectivity index (χ2v) is 16.5. The van der Waals surface area contributed by atoms with Gasteiger partial charge in [-0.2, -0.15) is 0 Å². The smallest absolute Gasteiger partial charge is 0.410 e. The van der Waals surface area contributed by atoms with Gasteiger partial charge in [0.25, 0.3) is 11.8 Å². The van der Waals surface area contributed by atoms with Crippen LogP contribution in [0.3, 0.4) is 0 Å². The molecule has 6 aliphatic heterocycles. The Morgan fingerprint density at radius 3 is 1.68 bits per heavy atom. The van der Waals surface area contributed by atoms with Crippen LogP contribution in [0, 0.1) is 0 Å². The molecule has 0 aliphatic carbocycles. The molecule has 59 heavy (non-hydrogen) atoms. The number of hydrogen-bond donors (Lipinski definition) is 1. The molecule has 4 fully saturated rings. The zero-order chi connectivity index (χ0) is 37.5. The van der Waals surface area contributed by atoms with Crippen LogP contribution in [0.25, 0.3) is 0 Å². The van der Waals surface area contributed by atoms with Crippen molar-refractivity contribution in [1.29, 1.82) is 0 Å². The van der Waals surface area contributed by atoms with E-state index in [-0.39, 0.29) is 69.0 Å². The molecule has 0 unspecified atom stereocenters. The number of carbonyl (C=O) groups excluding carboxylic acids is 1. The number of rotatable bonds is 6. The fourth-order valence-electron chi connectivity index (χ4n) is 8.62. The Kier molecular flexibility index (Phi) is 15.3. The minimum absolute atomic E-state index is 0. The Balaban J connectivity index is 0.000000215. The van der Waals surface area contributed by atoms with Gasteiger partial charge in [-0.3, -0.25) is 9.80 Å². The van der Waals surface area contributed by atoms with E-state index in [9.17, 15) is 4.79 Å². The van der Waals surface area contributed by atoms with E-state index in [1.807, 2.05) is 49.9 Å². The van der Waals surface area contributed by atoms with Crippen molar-refractivity contribution in [3.8, 4) is 23.3 Å². The van der Waals surface area contributed by atoms with Crippen LogP contribution in [0.1, 0.15) is 75.5 Å². The van der Waals surface area contributed by atoms with Crippen LogP contribution in [0.2, 0.25) is 0 Å². The fourth-order valence-corrected chi connectivity index (χ4v) is 8.62. The van der Waals surface area contributed by atoms with Crippen molar-refractivity contribution in [2.45, 2.75) is 96.1 Å². The van der Waals surface area contributed by atoms with E-state index in [2.05, 4.69) is 73.6 Å². The van der Waals surface area contributed by atoms with Crippen LogP contribution in [-0.2, 0) is 17.8 Å². The molecule has 0 spiro atoms. The van der Waals surface area contributed by atoms with E-state index in [0.717, 1.165) is 56.0 Å². The third-order valence-corrected chi connectivity index (χ3v) is 11.4. The summed E-state index contributed by atoms with van der Waals surface area (Å²) < 4.78 is 29.1. The molecule has 2 aromatic carbocycles. The van der Waals surface area contributed by atoms with Crippen molar-refractivity contribution >= 4 is 43.3 Å². The number of pyridine rings is 2. The first-order valence-corrected chi connectivity index (χ1v) is 19.6. The van der Waals surface area contributed by atoms with Crippen LogP contribution >= 0.6 is 37.2 Å². The maximum atomic E-state index is 12.4. The quantitative estimate of drug-likeness (QED) is 0.205. The van der Waals surface area contributed by atoms with Gasteiger partial charge in [0.05, 0.1) is 0 Å². The molecule has 10 rings (SSSR count). The van der Waals surface area contributed by atoms with Gasteiger partial charge in [-0.15, -0.1) is 37.2 Å². The summed E-state index contributed by atoms with van der Waals surface area (Å²) in [5, 5.41) is 3.55. The molecule has 4 bridgehead atoms. The van der Waals surface area contributed by atoms with Gasteiger partial charge < -0.3 is 33.9 Å². The third kappa shape index (κ3) is 10.5. The molecule has 0 radical (unpaired) electrons. The number of hydrogen-bond acceptors (Lipinski definition) is 11. The lowest BCUT2D eigenvalue weighted by Crippen LogP contribution is -2.49. The monoisotopic (exact) mass is 870 g/mol. The molecule has 4 aromatic rings. The maximum absolute atomic E-state index is 12.4. The minimum atomic E-state index is -0.453. The molecule has 1 N–H and O–H groups in total. The number of likely N-dealkylation sites (tertiary alicyclic amines) is 3. The van der Waals surface area contributed by atoms with Gasteiger partial charge >= 0.3 is 6.09 Å². The highest BCUT2D eigenvalue weighted by Gasteiger charge is 2.46. The molecule has 12 nitrogen and oxygen atoms in total. The molecule has 320 valence electrons. The summed E-state index contributed by atoms with van der Waals surface area (Å²) in [6, 6.07) is 26.8. The van der Waals surface area contributed by atoms with Crippen molar-refractivity contribution in [2.75, 3.05) is 39.4 Å². The third-order valence-electron chi connectivity index (χ3n) is 11.4. The molecule has 0 saturated carbocycles. The van der Waals surface area contributed by atoms with Crippen LogP contribution in [0.15, 0.2) is 85.2 Å². The predicted octanol–water partition coefficient (Wildman–Crippen LogP) is 7.83. The van der Waals surface area contributed by atoms with Crippen molar-refractivity contribution in [1.82, 2.24) is 30.0 Å². The average molecular weight is 872 g/mol. The van der Waals surface area contributed by atoms with Gasteiger partial charge in [0.15, 0.2) is 23.7 Å². The normalized spacial score (nSPS) is 24.6. The van der Waals surface area contributed by atoms with Gasteiger partial charge in [0.1, 0.15) is 18.8 Å². The van der Waals surface area contributed by atoms with Crippen molar-refractivity contribution in [3.63, 3.8) is 0 Å². The van der Waals surface area contributed by atoms with E-state index in [1.54, 1.807) is 12.4 Å². The predicted molar refractivity (Wildman–Crippen MR) is 234 cm³/mol. The molecule has 15 heteroatoms. The molecular formula is C44H57Cl3N6O6. The number of halogens is 3. The molecular weight excluding hydrogens is 815 g/mol. The lowest BCUT2D eigenvalue weighted by atomic mass is 10.1. The zero-order valence-corrected chi connectivity index (χ0v) is 35.5. The molecule has 8 heterocycles. The fraction of sp³-hybridized carbons (Fsp3) is 0.477. The van der Waals surface area contributed by atoms with Crippen LogP contribution in [0.4, 0.5) is 4.79 Å². The Morgan fingerprint density at radius 1 is 0.712 bits per heavy atom. The first kappa shape index (κ1) is 46.0. The summed E-state index contributed by atoms with van der Waals surface area (Å²) in [5.41, 5.74) is 4.39. The summed E-state index contributed by atoms with van der Waals surface area (Å²) in [6.07, 6.45) is 5.34. The number of nitrogens with zero attached hydrogens (tertiary/aromatic N) is 5. The van der Waals surface area contributed by atoms with Crippen molar-refractivity contribution in [2.24, 2.45) is 0 Å². The molecule has 1 amide bonds. The van der Waals surface area contributed by atoms with E-state index in [4.69, 9.17) is 23.7 Å². The highest BCUT2D eigenvalue weighted by atomic mass is 35.5. The Hall–Kier alpha value is -4.04. The molecule has 2 aromatic heterocycles. The number of piperazine rings is 2. The zero-order valence-electron chi connectivity index (χ0n) is 33.0. The number of nitrogens with one attached hydrogen (secondary N) is 1. The SMILES string of the molecule is C.CC(C)(C)OC(=O)N1C[C@@H]2C[C@H]1CN2Cc1ccc([C@H]2COc3cccnc3O2)cc1.Cl.Cl.Cl.c1cnc2c(c1)OC[C@H](c1ccc(CN3C[C@@H]4C[C@H]3CN4)cc1)O2. The topological polar surface area (TPSA) is 111 Å². The van der Waals surface area contributed by atoms with Gasteiger partial charge in [-0.1, -0.05) is 56.0 Å². The van der Waals surface area contributed by atoms with Gasteiger partial charge in [0.2, 0.25) is 0 Å². The van der Waals surface area contributed by atoms with E-state index < -0.39 is 5.60 Å². The lowest BCUT2D eigenvalue weighted by molar-refractivity contribution is 0.0124. The Labute approximate surface area is 366 Å². The largest absolute Gasteiger partial charge is 0.484 e. The summed E-state index contributed by atoms with van der Waals surface area (Å²) >= 11 is 0. The number of carbonyl (C=O) groups is 1. The molecule has 4 saturated heterocycles. The van der Waals surface area contributed by atoms with Gasteiger partial charge in [-0.05, 0) is 80.1 Å². The van der Waals surface area contributed by atoms with Crippen LogP contribution in [0.5, 0.6) is 23.3 Å². The summed E-state index contributed by atoms with van der Waals surface area (Å²) in [6.45, 7) is 12.6. The van der Waals surface area contributed by atoms with Gasteiger partial charge in [0, 0.05) is 75.8 Å². The van der Waals surface area contributed by atoms with Gasteiger partial charge in [-0.25, -0.2) is 14.8 Å². The maximum Gasteiger partial charge on any atom is 0.410 e.